The highest BCUT2D eigenvalue weighted by atomic mass is 16.3. The molecule has 18 heavy (non-hydrogen) atoms. The Morgan fingerprint density at radius 1 is 1.33 bits per heavy atom. The van der Waals surface area contributed by atoms with E-state index >= 15 is 0 Å². The van der Waals surface area contributed by atoms with Gasteiger partial charge in [-0.3, -0.25) is 4.90 Å². The molecule has 1 saturated heterocycles. The lowest BCUT2D eigenvalue weighted by atomic mass is 10.1. The van der Waals surface area contributed by atoms with E-state index in [0.717, 1.165) is 13.1 Å². The van der Waals surface area contributed by atoms with Gasteiger partial charge in [0.2, 0.25) is 0 Å². The molecule has 100 valence electrons. The molecule has 3 heteroatoms. The summed E-state index contributed by atoms with van der Waals surface area (Å²) in [5, 5.41) is 12.7. The van der Waals surface area contributed by atoms with Gasteiger partial charge in [0.1, 0.15) is 0 Å². The third-order valence-electron chi connectivity index (χ3n) is 3.75. The van der Waals surface area contributed by atoms with Crippen LogP contribution in [-0.2, 0) is 0 Å². The van der Waals surface area contributed by atoms with E-state index in [1.807, 2.05) is 6.92 Å². The molecule has 0 amide bonds. The summed E-state index contributed by atoms with van der Waals surface area (Å²) < 4.78 is 0. The summed E-state index contributed by atoms with van der Waals surface area (Å²) in [5.74, 6) is 0. The zero-order valence-electron chi connectivity index (χ0n) is 11.3. The summed E-state index contributed by atoms with van der Waals surface area (Å²) in [6, 6.07) is 11.7. The summed E-state index contributed by atoms with van der Waals surface area (Å²) in [6.45, 7) is 6.99. The second-order valence-electron chi connectivity index (χ2n) is 5.32. The van der Waals surface area contributed by atoms with Crippen LogP contribution in [0.4, 0.5) is 0 Å². The van der Waals surface area contributed by atoms with Crippen LogP contribution in [-0.4, -0.2) is 41.8 Å². The first kappa shape index (κ1) is 13.5. The van der Waals surface area contributed by atoms with Gasteiger partial charge in [-0.15, -0.1) is 0 Å². The number of hydrogen-bond donors (Lipinski definition) is 2. The fourth-order valence-electron chi connectivity index (χ4n) is 2.59. The molecule has 2 N–H and O–H groups in total. The monoisotopic (exact) mass is 248 g/mol. The maximum atomic E-state index is 9.29. The first-order valence-corrected chi connectivity index (χ1v) is 6.87. The molecule has 1 fully saturated rings. The van der Waals surface area contributed by atoms with Crippen molar-refractivity contribution in [2.45, 2.75) is 38.5 Å². The van der Waals surface area contributed by atoms with E-state index < -0.39 is 0 Å². The van der Waals surface area contributed by atoms with Crippen molar-refractivity contribution < 1.29 is 5.11 Å². The number of hydrogen-bond acceptors (Lipinski definition) is 3. The van der Waals surface area contributed by atoms with Crippen molar-refractivity contribution >= 4 is 0 Å². The van der Waals surface area contributed by atoms with E-state index in [-0.39, 0.29) is 6.10 Å². The second-order valence-corrected chi connectivity index (χ2v) is 5.32. The standard InChI is InChI=1S/C15H24N2O/c1-12(18)10-16-15-8-9-17(11-15)13(2)14-6-4-3-5-7-14/h3-7,12-13,15-16,18H,8-11H2,1-2H3. The minimum Gasteiger partial charge on any atom is -0.392 e. The van der Waals surface area contributed by atoms with Gasteiger partial charge in [-0.05, 0) is 25.8 Å². The number of nitrogens with zero attached hydrogens (tertiary/aromatic N) is 1. The number of likely N-dealkylation sites (tertiary alicyclic amines) is 1. The van der Waals surface area contributed by atoms with Crippen LogP contribution in [0.1, 0.15) is 31.9 Å². The van der Waals surface area contributed by atoms with E-state index in [4.69, 9.17) is 0 Å². The van der Waals surface area contributed by atoms with E-state index in [1.54, 1.807) is 0 Å². The predicted octanol–water partition coefficient (Wildman–Crippen LogP) is 1.79. The molecule has 1 aliphatic rings. The Morgan fingerprint density at radius 2 is 2.06 bits per heavy atom. The van der Waals surface area contributed by atoms with Crippen molar-refractivity contribution in [2.24, 2.45) is 0 Å². The highest BCUT2D eigenvalue weighted by Gasteiger charge is 2.26. The molecule has 0 saturated carbocycles. The molecular formula is C15H24N2O. The van der Waals surface area contributed by atoms with Crippen molar-refractivity contribution in [3.8, 4) is 0 Å². The first-order valence-electron chi connectivity index (χ1n) is 6.87. The van der Waals surface area contributed by atoms with Gasteiger partial charge >= 0.3 is 0 Å². The van der Waals surface area contributed by atoms with Gasteiger partial charge in [0.15, 0.2) is 0 Å². The maximum absolute atomic E-state index is 9.29. The Labute approximate surface area is 110 Å². The number of aliphatic hydroxyl groups excluding tert-OH is 1. The van der Waals surface area contributed by atoms with Gasteiger partial charge in [-0.1, -0.05) is 30.3 Å². The van der Waals surface area contributed by atoms with Gasteiger partial charge in [0, 0.05) is 31.7 Å². The largest absolute Gasteiger partial charge is 0.392 e. The summed E-state index contributed by atoms with van der Waals surface area (Å²) in [6.07, 6.45) is 0.912. The molecule has 0 bridgehead atoms. The smallest absolute Gasteiger partial charge is 0.0636 e. The Bertz CT molecular complexity index is 353. The van der Waals surface area contributed by atoms with Crippen molar-refractivity contribution in [3.05, 3.63) is 35.9 Å². The molecule has 1 aliphatic heterocycles. The average Bonchev–Trinajstić information content (AvgIpc) is 2.85. The molecule has 0 radical (unpaired) electrons. The van der Waals surface area contributed by atoms with Crippen LogP contribution in [0.15, 0.2) is 30.3 Å². The molecule has 1 heterocycles. The third-order valence-corrected chi connectivity index (χ3v) is 3.75. The van der Waals surface area contributed by atoms with E-state index in [1.165, 1.54) is 12.0 Å². The average molecular weight is 248 g/mol. The van der Waals surface area contributed by atoms with Crippen LogP contribution in [0.25, 0.3) is 0 Å². The van der Waals surface area contributed by atoms with Crippen molar-refractivity contribution in [3.63, 3.8) is 0 Å². The Balaban J connectivity index is 1.85. The zero-order chi connectivity index (χ0) is 13.0. The lowest BCUT2D eigenvalue weighted by Gasteiger charge is -2.25. The molecule has 0 spiro atoms. The van der Waals surface area contributed by atoms with E-state index in [9.17, 15) is 5.11 Å². The van der Waals surface area contributed by atoms with Crippen molar-refractivity contribution in [1.29, 1.82) is 0 Å². The van der Waals surface area contributed by atoms with Crippen molar-refractivity contribution in [2.75, 3.05) is 19.6 Å². The quantitative estimate of drug-likeness (QED) is 0.834. The number of rotatable bonds is 5. The summed E-state index contributed by atoms with van der Waals surface area (Å²) >= 11 is 0. The fourth-order valence-corrected chi connectivity index (χ4v) is 2.59. The van der Waals surface area contributed by atoms with Crippen LogP contribution < -0.4 is 5.32 Å². The Morgan fingerprint density at radius 3 is 2.72 bits per heavy atom. The zero-order valence-corrected chi connectivity index (χ0v) is 11.3. The van der Waals surface area contributed by atoms with Gasteiger partial charge in [-0.2, -0.15) is 0 Å². The number of benzene rings is 1. The van der Waals surface area contributed by atoms with E-state index in [0.29, 0.717) is 18.6 Å². The van der Waals surface area contributed by atoms with Crippen molar-refractivity contribution in [1.82, 2.24) is 10.2 Å². The van der Waals surface area contributed by atoms with Crippen LogP contribution in [0.2, 0.25) is 0 Å². The Hall–Kier alpha value is -0.900. The molecular weight excluding hydrogens is 224 g/mol. The van der Waals surface area contributed by atoms with Crippen LogP contribution in [0, 0.1) is 0 Å². The fraction of sp³-hybridized carbons (Fsp3) is 0.600. The van der Waals surface area contributed by atoms with Crippen LogP contribution in [0.3, 0.4) is 0 Å². The SMILES string of the molecule is CC(O)CNC1CCN(C(C)c2ccccc2)C1. The van der Waals surface area contributed by atoms with Gasteiger partial charge < -0.3 is 10.4 Å². The maximum Gasteiger partial charge on any atom is 0.0636 e. The minimum absolute atomic E-state index is 0.259. The highest BCUT2D eigenvalue weighted by molar-refractivity contribution is 5.18. The highest BCUT2D eigenvalue weighted by Crippen LogP contribution is 2.24. The normalized spacial score (nSPS) is 24.1. The summed E-state index contributed by atoms with van der Waals surface area (Å²) in [4.78, 5) is 2.51. The second kappa shape index (κ2) is 6.32. The lowest BCUT2D eigenvalue weighted by Crippen LogP contribution is -2.37. The topological polar surface area (TPSA) is 35.5 Å². The van der Waals surface area contributed by atoms with E-state index in [2.05, 4.69) is 47.5 Å². The van der Waals surface area contributed by atoms with Crippen LogP contribution >= 0.6 is 0 Å². The summed E-state index contributed by atoms with van der Waals surface area (Å²) in [5.41, 5.74) is 1.38. The van der Waals surface area contributed by atoms with Gasteiger partial charge in [0.05, 0.1) is 6.10 Å². The first-order chi connectivity index (χ1) is 8.66. The molecule has 0 aliphatic carbocycles. The number of nitrogens with one attached hydrogen (secondary N) is 1. The summed E-state index contributed by atoms with van der Waals surface area (Å²) in [7, 11) is 0. The molecule has 3 nitrogen and oxygen atoms in total. The predicted molar refractivity (Wildman–Crippen MR) is 74.5 cm³/mol. The molecule has 3 unspecified atom stereocenters. The third kappa shape index (κ3) is 3.55. The van der Waals surface area contributed by atoms with Crippen LogP contribution in [0.5, 0.6) is 0 Å². The molecule has 1 aromatic carbocycles. The van der Waals surface area contributed by atoms with Gasteiger partial charge in [-0.25, -0.2) is 0 Å². The molecule has 2 rings (SSSR count). The Kier molecular flexibility index (Phi) is 4.75. The number of aliphatic hydroxyl groups is 1. The lowest BCUT2D eigenvalue weighted by molar-refractivity contribution is 0.184. The van der Waals surface area contributed by atoms with Gasteiger partial charge in [0.25, 0.3) is 0 Å². The minimum atomic E-state index is -0.259. The molecule has 3 atom stereocenters. The molecule has 0 aromatic heterocycles. The molecule has 1 aromatic rings.